The van der Waals surface area contributed by atoms with E-state index in [1.165, 1.54) is 0 Å². The molecular formula is C15H20N4O. The summed E-state index contributed by atoms with van der Waals surface area (Å²) in [6.45, 7) is 5.97. The molecule has 0 aliphatic rings. The van der Waals surface area contributed by atoms with Crippen molar-refractivity contribution in [2.75, 3.05) is 5.32 Å². The molecule has 5 nitrogen and oxygen atoms in total. The molecule has 20 heavy (non-hydrogen) atoms. The van der Waals surface area contributed by atoms with Gasteiger partial charge in [0.15, 0.2) is 0 Å². The maximum absolute atomic E-state index is 12.0. The molecule has 0 unspecified atom stereocenters. The van der Waals surface area contributed by atoms with E-state index in [0.29, 0.717) is 0 Å². The molecule has 0 bridgehead atoms. The fourth-order valence-electron chi connectivity index (χ4n) is 2.13. The Morgan fingerprint density at radius 3 is 2.55 bits per heavy atom. The second-order valence-corrected chi connectivity index (χ2v) is 4.75. The van der Waals surface area contributed by atoms with E-state index < -0.39 is 0 Å². The number of nitrogens with one attached hydrogen (secondary N) is 1. The van der Waals surface area contributed by atoms with E-state index in [-0.39, 0.29) is 11.8 Å². The number of carbonyl (C=O) groups excluding carboxylic acids is 1. The molecule has 0 fully saturated rings. The van der Waals surface area contributed by atoms with Gasteiger partial charge < -0.3 is 5.32 Å². The van der Waals surface area contributed by atoms with E-state index in [1.54, 1.807) is 12.4 Å². The number of aryl methyl sites for hydroxylation is 1. The molecule has 2 aromatic rings. The lowest BCUT2D eigenvalue weighted by Gasteiger charge is -2.13. The first-order chi connectivity index (χ1) is 9.65. The first kappa shape index (κ1) is 14.2. The Morgan fingerprint density at radius 1 is 1.30 bits per heavy atom. The van der Waals surface area contributed by atoms with Gasteiger partial charge in [-0.2, -0.15) is 0 Å². The van der Waals surface area contributed by atoms with Gasteiger partial charge in [0.05, 0.1) is 11.9 Å². The minimum absolute atomic E-state index is 0.0587. The molecule has 0 saturated carbocycles. The van der Waals surface area contributed by atoms with E-state index in [9.17, 15) is 4.79 Å². The molecule has 0 radical (unpaired) electrons. The standard InChI is InChI=1S/C15H20N4O/c1-4-12(5-2)15(20)18-13-6-7-14(17-10-13)19-9-8-16-11(19)3/h6-10,12H,4-5H2,1-3H3,(H,18,20). The van der Waals surface area contributed by atoms with Crippen molar-refractivity contribution in [2.24, 2.45) is 5.92 Å². The van der Waals surface area contributed by atoms with Crippen LogP contribution in [0.15, 0.2) is 30.7 Å². The summed E-state index contributed by atoms with van der Waals surface area (Å²) in [5.74, 6) is 1.79. The number of carbonyl (C=O) groups is 1. The maximum Gasteiger partial charge on any atom is 0.227 e. The lowest BCUT2D eigenvalue weighted by atomic mass is 10.0. The van der Waals surface area contributed by atoms with Gasteiger partial charge in [-0.05, 0) is 31.9 Å². The molecule has 106 valence electrons. The number of hydrogen-bond acceptors (Lipinski definition) is 3. The lowest BCUT2D eigenvalue weighted by molar-refractivity contribution is -0.120. The SMILES string of the molecule is CCC(CC)C(=O)Nc1ccc(-n2ccnc2C)nc1. The Morgan fingerprint density at radius 2 is 2.05 bits per heavy atom. The monoisotopic (exact) mass is 272 g/mol. The highest BCUT2D eigenvalue weighted by atomic mass is 16.1. The summed E-state index contributed by atoms with van der Waals surface area (Å²) in [5, 5.41) is 2.90. The third-order valence-corrected chi connectivity index (χ3v) is 3.44. The number of anilines is 1. The Bertz CT molecular complexity index is 570. The predicted molar refractivity (Wildman–Crippen MR) is 78.8 cm³/mol. The number of pyridine rings is 1. The van der Waals surface area contributed by atoms with Gasteiger partial charge in [-0.15, -0.1) is 0 Å². The van der Waals surface area contributed by atoms with Crippen LogP contribution in [0, 0.1) is 12.8 Å². The molecule has 5 heteroatoms. The number of nitrogens with zero attached hydrogens (tertiary/aromatic N) is 3. The Balaban J connectivity index is 2.09. The van der Waals surface area contributed by atoms with E-state index in [4.69, 9.17) is 0 Å². The third kappa shape index (κ3) is 3.04. The second kappa shape index (κ2) is 6.32. The van der Waals surface area contributed by atoms with Crippen molar-refractivity contribution < 1.29 is 4.79 Å². The fraction of sp³-hybridized carbons (Fsp3) is 0.400. The highest BCUT2D eigenvalue weighted by Gasteiger charge is 2.14. The zero-order valence-corrected chi connectivity index (χ0v) is 12.1. The maximum atomic E-state index is 12.0. The summed E-state index contributed by atoms with van der Waals surface area (Å²) in [4.78, 5) is 20.5. The summed E-state index contributed by atoms with van der Waals surface area (Å²) < 4.78 is 1.90. The zero-order chi connectivity index (χ0) is 14.5. The smallest absolute Gasteiger partial charge is 0.227 e. The topological polar surface area (TPSA) is 59.8 Å². The molecule has 0 aliphatic carbocycles. The third-order valence-electron chi connectivity index (χ3n) is 3.44. The van der Waals surface area contributed by atoms with Gasteiger partial charge >= 0.3 is 0 Å². The van der Waals surface area contributed by atoms with Crippen LogP contribution in [-0.2, 0) is 4.79 Å². The number of imidazole rings is 1. The second-order valence-electron chi connectivity index (χ2n) is 4.75. The van der Waals surface area contributed by atoms with Gasteiger partial charge in [0.2, 0.25) is 5.91 Å². The molecular weight excluding hydrogens is 252 g/mol. The number of rotatable bonds is 5. The molecule has 0 aromatic carbocycles. The van der Waals surface area contributed by atoms with Crippen LogP contribution in [0.1, 0.15) is 32.5 Å². The van der Waals surface area contributed by atoms with Crippen LogP contribution in [0.3, 0.4) is 0 Å². The van der Waals surface area contributed by atoms with Crippen molar-refractivity contribution in [1.29, 1.82) is 0 Å². The minimum Gasteiger partial charge on any atom is -0.324 e. The van der Waals surface area contributed by atoms with Crippen LogP contribution < -0.4 is 5.32 Å². The Kier molecular flexibility index (Phi) is 4.50. The summed E-state index contributed by atoms with van der Waals surface area (Å²) in [6.07, 6.45) is 6.97. The first-order valence-corrected chi connectivity index (χ1v) is 6.93. The molecule has 0 spiro atoms. The van der Waals surface area contributed by atoms with Crippen molar-refractivity contribution >= 4 is 11.6 Å². The van der Waals surface area contributed by atoms with E-state index in [1.807, 2.05) is 43.7 Å². The van der Waals surface area contributed by atoms with Crippen molar-refractivity contribution in [3.05, 3.63) is 36.5 Å². The van der Waals surface area contributed by atoms with Crippen molar-refractivity contribution in [3.63, 3.8) is 0 Å². The van der Waals surface area contributed by atoms with Crippen LogP contribution in [0.25, 0.3) is 5.82 Å². The van der Waals surface area contributed by atoms with E-state index >= 15 is 0 Å². The number of aromatic nitrogens is 3. The van der Waals surface area contributed by atoms with Crippen LogP contribution in [0.2, 0.25) is 0 Å². The molecule has 2 heterocycles. The molecule has 0 saturated heterocycles. The fourth-order valence-corrected chi connectivity index (χ4v) is 2.13. The van der Waals surface area contributed by atoms with Gasteiger partial charge in [0, 0.05) is 18.3 Å². The van der Waals surface area contributed by atoms with Crippen LogP contribution >= 0.6 is 0 Å². The van der Waals surface area contributed by atoms with Gasteiger partial charge in [0.1, 0.15) is 11.6 Å². The highest BCUT2D eigenvalue weighted by molar-refractivity contribution is 5.92. The summed E-state index contributed by atoms with van der Waals surface area (Å²) in [6, 6.07) is 3.74. The molecule has 0 aliphatic heterocycles. The van der Waals surface area contributed by atoms with Crippen LogP contribution in [0.5, 0.6) is 0 Å². The average Bonchev–Trinajstić information content (AvgIpc) is 2.87. The first-order valence-electron chi connectivity index (χ1n) is 6.93. The quantitative estimate of drug-likeness (QED) is 0.910. The minimum atomic E-state index is 0.0587. The molecule has 1 amide bonds. The summed E-state index contributed by atoms with van der Waals surface area (Å²) in [5.41, 5.74) is 0.725. The zero-order valence-electron chi connectivity index (χ0n) is 12.1. The molecule has 1 N–H and O–H groups in total. The Hall–Kier alpha value is -2.17. The number of amides is 1. The van der Waals surface area contributed by atoms with Gasteiger partial charge in [-0.25, -0.2) is 9.97 Å². The highest BCUT2D eigenvalue weighted by Crippen LogP contribution is 2.14. The Labute approximate surface area is 119 Å². The average molecular weight is 272 g/mol. The van der Waals surface area contributed by atoms with Gasteiger partial charge in [0.25, 0.3) is 0 Å². The largest absolute Gasteiger partial charge is 0.324 e. The molecule has 2 rings (SSSR count). The van der Waals surface area contributed by atoms with Crippen molar-refractivity contribution in [2.45, 2.75) is 33.6 Å². The molecule has 2 aromatic heterocycles. The van der Waals surface area contributed by atoms with Gasteiger partial charge in [-0.1, -0.05) is 13.8 Å². The van der Waals surface area contributed by atoms with Crippen LogP contribution in [0.4, 0.5) is 5.69 Å². The van der Waals surface area contributed by atoms with Crippen molar-refractivity contribution in [1.82, 2.24) is 14.5 Å². The summed E-state index contributed by atoms with van der Waals surface area (Å²) >= 11 is 0. The van der Waals surface area contributed by atoms with E-state index in [0.717, 1.165) is 30.2 Å². The van der Waals surface area contributed by atoms with E-state index in [2.05, 4.69) is 15.3 Å². The van der Waals surface area contributed by atoms with Crippen LogP contribution in [-0.4, -0.2) is 20.4 Å². The predicted octanol–water partition coefficient (Wildman–Crippen LogP) is 2.95. The van der Waals surface area contributed by atoms with Crippen molar-refractivity contribution in [3.8, 4) is 5.82 Å². The summed E-state index contributed by atoms with van der Waals surface area (Å²) in [7, 11) is 0. The normalized spacial score (nSPS) is 10.8. The van der Waals surface area contributed by atoms with Gasteiger partial charge in [-0.3, -0.25) is 9.36 Å². The lowest BCUT2D eigenvalue weighted by Crippen LogP contribution is -2.21. The molecule has 0 atom stereocenters. The number of hydrogen-bond donors (Lipinski definition) is 1.